The Kier molecular flexibility index (Phi) is 7.71. The zero-order chi connectivity index (χ0) is 24.2. The zero-order valence-corrected chi connectivity index (χ0v) is 21.3. The maximum Gasteiger partial charge on any atom is 0.256 e. The molecule has 0 radical (unpaired) electrons. The number of benzene rings is 2. The molecule has 180 valence electrons. The number of hydrogen-bond acceptors (Lipinski definition) is 4. The summed E-state index contributed by atoms with van der Waals surface area (Å²) in [5.74, 6) is 0.493. The van der Waals surface area contributed by atoms with Gasteiger partial charge in [-0.2, -0.15) is 0 Å². The van der Waals surface area contributed by atoms with Gasteiger partial charge in [-0.05, 0) is 19.1 Å². The lowest BCUT2D eigenvalue weighted by Gasteiger charge is -2.36. The lowest BCUT2D eigenvalue weighted by Crippen LogP contribution is -2.48. The lowest BCUT2D eigenvalue weighted by atomic mass is 10.1. The van der Waals surface area contributed by atoms with Gasteiger partial charge in [-0.1, -0.05) is 59.6 Å². The highest BCUT2D eigenvalue weighted by molar-refractivity contribution is 6.43. The molecule has 1 N–H and O–H groups in total. The number of amides is 1. The van der Waals surface area contributed by atoms with Crippen LogP contribution in [0.3, 0.4) is 0 Å². The summed E-state index contributed by atoms with van der Waals surface area (Å²) in [6, 6.07) is 15.7. The molecule has 4 rings (SSSR count). The molecular weight excluding hydrogens is 471 g/mol. The fourth-order valence-corrected chi connectivity index (χ4v) is 4.94. The molecule has 0 unspecified atom stereocenters. The quantitative estimate of drug-likeness (QED) is 0.502. The van der Waals surface area contributed by atoms with Crippen LogP contribution in [-0.4, -0.2) is 61.8 Å². The van der Waals surface area contributed by atoms with Gasteiger partial charge in [0.15, 0.2) is 5.75 Å². The number of rotatable bonds is 7. The van der Waals surface area contributed by atoms with Crippen LogP contribution in [0.2, 0.25) is 10.0 Å². The van der Waals surface area contributed by atoms with E-state index in [2.05, 4.69) is 15.1 Å². The van der Waals surface area contributed by atoms with E-state index in [-0.39, 0.29) is 5.91 Å². The fourth-order valence-electron chi connectivity index (χ4n) is 4.52. The molecule has 0 saturated carbocycles. The first kappa shape index (κ1) is 24.5. The molecule has 8 heteroatoms. The minimum absolute atomic E-state index is 0.114. The fraction of sp³-hybridized carbons (Fsp3) is 0.346. The average molecular weight is 501 g/mol. The van der Waals surface area contributed by atoms with Gasteiger partial charge in [-0.25, -0.2) is 0 Å². The summed E-state index contributed by atoms with van der Waals surface area (Å²) in [7, 11) is 3.58. The molecule has 1 aromatic heterocycles. The van der Waals surface area contributed by atoms with Gasteiger partial charge < -0.3 is 19.5 Å². The number of hydrogen-bond donors (Lipinski definition) is 1. The number of nitrogens with one attached hydrogen (secondary N) is 1. The van der Waals surface area contributed by atoms with Crippen molar-refractivity contribution in [2.45, 2.75) is 6.92 Å². The van der Waals surface area contributed by atoms with Crippen LogP contribution in [-0.2, 0) is 7.05 Å². The van der Waals surface area contributed by atoms with Crippen molar-refractivity contribution >= 4 is 34.8 Å². The predicted molar refractivity (Wildman–Crippen MR) is 140 cm³/mol. The minimum Gasteiger partial charge on any atom is -0.494 e. The largest absolute Gasteiger partial charge is 0.494 e. The van der Waals surface area contributed by atoms with E-state index < -0.39 is 0 Å². The molecule has 34 heavy (non-hydrogen) atoms. The highest BCUT2D eigenvalue weighted by Gasteiger charge is 2.26. The van der Waals surface area contributed by atoms with Crippen LogP contribution in [0, 0.1) is 6.92 Å². The Bertz CT molecular complexity index is 1160. The number of halogens is 2. The van der Waals surface area contributed by atoms with E-state index in [9.17, 15) is 4.79 Å². The molecule has 1 saturated heterocycles. The van der Waals surface area contributed by atoms with Gasteiger partial charge >= 0.3 is 0 Å². The predicted octanol–water partition coefficient (Wildman–Crippen LogP) is 4.87. The van der Waals surface area contributed by atoms with Crippen LogP contribution in [0.25, 0.3) is 11.3 Å². The summed E-state index contributed by atoms with van der Waals surface area (Å²) in [5, 5.41) is 4.27. The van der Waals surface area contributed by atoms with E-state index in [0.29, 0.717) is 27.9 Å². The number of ether oxygens (including phenoxy) is 1. The first-order valence-corrected chi connectivity index (χ1v) is 12.2. The Labute approximate surface area is 211 Å². The summed E-state index contributed by atoms with van der Waals surface area (Å²) < 4.78 is 7.72. The molecule has 1 aliphatic heterocycles. The third-order valence-corrected chi connectivity index (χ3v) is 7.29. The maximum atomic E-state index is 13.1. The molecule has 1 fully saturated rings. The highest BCUT2D eigenvalue weighted by atomic mass is 35.5. The Balaban J connectivity index is 1.36. The third kappa shape index (κ3) is 4.90. The lowest BCUT2D eigenvalue weighted by molar-refractivity contribution is 0.0944. The summed E-state index contributed by atoms with van der Waals surface area (Å²) >= 11 is 12.6. The van der Waals surface area contributed by atoms with Crippen LogP contribution in [0.4, 0.5) is 5.69 Å². The summed E-state index contributed by atoms with van der Waals surface area (Å²) in [6.07, 6.45) is 0. The molecule has 1 amide bonds. The molecule has 0 atom stereocenters. The van der Waals surface area contributed by atoms with Gasteiger partial charge in [0.2, 0.25) is 0 Å². The molecule has 2 heterocycles. The van der Waals surface area contributed by atoms with E-state index in [0.717, 1.165) is 55.4 Å². The number of methoxy groups -OCH3 is 1. The van der Waals surface area contributed by atoms with Crippen LogP contribution in [0.5, 0.6) is 5.75 Å². The number of anilines is 1. The monoisotopic (exact) mass is 500 g/mol. The normalized spacial score (nSPS) is 14.3. The smallest absolute Gasteiger partial charge is 0.256 e. The molecule has 2 aromatic carbocycles. The van der Waals surface area contributed by atoms with Gasteiger partial charge in [-0.3, -0.25) is 9.69 Å². The van der Waals surface area contributed by atoms with Gasteiger partial charge in [0.1, 0.15) is 5.56 Å². The molecule has 3 aromatic rings. The number of carbonyl (C=O) groups is 1. The highest BCUT2D eigenvalue weighted by Crippen LogP contribution is 2.37. The minimum atomic E-state index is -0.114. The molecule has 0 bridgehead atoms. The number of piperazine rings is 1. The van der Waals surface area contributed by atoms with E-state index in [1.54, 1.807) is 13.2 Å². The van der Waals surface area contributed by atoms with Crippen molar-refractivity contribution in [3.05, 3.63) is 69.8 Å². The van der Waals surface area contributed by atoms with Gasteiger partial charge in [0.05, 0.1) is 28.5 Å². The topological polar surface area (TPSA) is 49.7 Å². The van der Waals surface area contributed by atoms with Crippen molar-refractivity contribution in [3.63, 3.8) is 0 Å². The van der Waals surface area contributed by atoms with Crippen LogP contribution >= 0.6 is 23.2 Å². The Morgan fingerprint density at radius 3 is 2.41 bits per heavy atom. The molecular formula is C26H30Cl2N4O2. The Hall–Kier alpha value is -2.67. The summed E-state index contributed by atoms with van der Waals surface area (Å²) in [4.78, 5) is 17.7. The van der Waals surface area contributed by atoms with E-state index in [1.807, 2.05) is 61.0 Å². The second kappa shape index (κ2) is 10.7. The van der Waals surface area contributed by atoms with E-state index in [4.69, 9.17) is 27.9 Å². The Morgan fingerprint density at radius 2 is 1.74 bits per heavy atom. The van der Waals surface area contributed by atoms with Crippen molar-refractivity contribution in [3.8, 4) is 17.0 Å². The first-order valence-electron chi connectivity index (χ1n) is 11.4. The summed E-state index contributed by atoms with van der Waals surface area (Å²) in [5.41, 5.74) is 4.36. The van der Waals surface area contributed by atoms with E-state index >= 15 is 0 Å². The average Bonchev–Trinajstić information content (AvgIpc) is 3.11. The number of aromatic nitrogens is 1. The molecule has 1 aliphatic rings. The zero-order valence-electron chi connectivity index (χ0n) is 19.8. The van der Waals surface area contributed by atoms with Crippen LogP contribution in [0.15, 0.2) is 48.5 Å². The van der Waals surface area contributed by atoms with Gasteiger partial charge in [-0.15, -0.1) is 0 Å². The SMILES string of the molecule is COc1c(C(=O)NCCN2CCN(c3cccc(Cl)c3Cl)CC2)c(C)n(C)c1-c1ccccc1. The second-order valence-electron chi connectivity index (χ2n) is 8.42. The van der Waals surface area contributed by atoms with Crippen LogP contribution < -0.4 is 15.0 Å². The molecule has 0 aliphatic carbocycles. The van der Waals surface area contributed by atoms with E-state index in [1.165, 1.54) is 0 Å². The van der Waals surface area contributed by atoms with Gasteiger partial charge in [0.25, 0.3) is 5.91 Å². The second-order valence-corrected chi connectivity index (χ2v) is 9.21. The number of nitrogens with zero attached hydrogens (tertiary/aromatic N) is 3. The van der Waals surface area contributed by atoms with Crippen molar-refractivity contribution in [2.75, 3.05) is 51.3 Å². The van der Waals surface area contributed by atoms with Gasteiger partial charge in [0, 0.05) is 57.6 Å². The standard InChI is InChI=1S/C26H30Cl2N4O2/c1-18-22(25(34-3)24(30(18)2)19-8-5-4-6-9-19)26(33)29-12-13-31-14-16-32(17-15-31)21-11-7-10-20(27)23(21)28/h4-11H,12-17H2,1-3H3,(H,29,33). The maximum absolute atomic E-state index is 13.1. The molecule has 6 nitrogen and oxygen atoms in total. The Morgan fingerprint density at radius 1 is 1.03 bits per heavy atom. The van der Waals surface area contributed by atoms with Crippen molar-refractivity contribution < 1.29 is 9.53 Å². The van der Waals surface area contributed by atoms with Crippen LogP contribution in [0.1, 0.15) is 16.1 Å². The van der Waals surface area contributed by atoms with Crippen molar-refractivity contribution in [2.24, 2.45) is 7.05 Å². The van der Waals surface area contributed by atoms with Crippen molar-refractivity contribution in [1.29, 1.82) is 0 Å². The number of carbonyl (C=O) groups excluding carboxylic acids is 1. The third-order valence-electron chi connectivity index (χ3n) is 6.48. The first-order chi connectivity index (χ1) is 16.4. The van der Waals surface area contributed by atoms with Crippen molar-refractivity contribution in [1.82, 2.24) is 14.8 Å². The summed E-state index contributed by atoms with van der Waals surface area (Å²) in [6.45, 7) is 6.80. The molecule has 0 spiro atoms.